The van der Waals surface area contributed by atoms with E-state index in [9.17, 15) is 8.42 Å². The third kappa shape index (κ3) is 7.02. The molecule has 1 fully saturated rings. The average molecular weight is 305 g/mol. The quantitative estimate of drug-likeness (QED) is 0.628. The minimum atomic E-state index is -3.11. The fourth-order valence-corrected chi connectivity index (χ4v) is 3.98. The molecule has 5 nitrogen and oxygen atoms in total. The second-order valence-corrected chi connectivity index (χ2v) is 7.82. The van der Waals surface area contributed by atoms with Gasteiger partial charge in [-0.1, -0.05) is 6.92 Å². The van der Waals surface area contributed by atoms with Gasteiger partial charge in [-0.25, -0.2) is 13.1 Å². The van der Waals surface area contributed by atoms with Crippen LogP contribution in [0.1, 0.15) is 46.0 Å². The summed E-state index contributed by atoms with van der Waals surface area (Å²) in [4.78, 5) is 2.28. The number of hydrogen-bond donors (Lipinski definition) is 2. The highest BCUT2D eigenvalue weighted by Gasteiger charge is 2.25. The Balaban J connectivity index is 2.21. The van der Waals surface area contributed by atoms with Gasteiger partial charge in [0.25, 0.3) is 0 Å². The fraction of sp³-hybridized carbons (Fsp3) is 1.00. The molecule has 1 aliphatic heterocycles. The van der Waals surface area contributed by atoms with Gasteiger partial charge in [0.2, 0.25) is 10.0 Å². The molecular weight excluding hydrogens is 274 g/mol. The highest BCUT2D eigenvalue weighted by molar-refractivity contribution is 7.89. The minimum Gasteiger partial charge on any atom is -0.317 e. The van der Waals surface area contributed by atoms with Gasteiger partial charge in [-0.15, -0.1) is 0 Å². The summed E-state index contributed by atoms with van der Waals surface area (Å²) in [6.07, 6.45) is 4.60. The molecule has 1 aliphatic rings. The molecule has 1 saturated heterocycles. The van der Waals surface area contributed by atoms with Gasteiger partial charge in [0.1, 0.15) is 0 Å². The van der Waals surface area contributed by atoms with Crippen LogP contribution in [0.4, 0.5) is 0 Å². The Labute approximate surface area is 124 Å². The molecule has 20 heavy (non-hydrogen) atoms. The van der Waals surface area contributed by atoms with E-state index in [4.69, 9.17) is 0 Å². The van der Waals surface area contributed by atoms with Crippen molar-refractivity contribution in [2.75, 3.05) is 32.4 Å². The topological polar surface area (TPSA) is 61.4 Å². The van der Waals surface area contributed by atoms with Crippen molar-refractivity contribution in [3.05, 3.63) is 0 Å². The van der Waals surface area contributed by atoms with Crippen LogP contribution < -0.4 is 10.0 Å². The van der Waals surface area contributed by atoms with Crippen molar-refractivity contribution in [3.63, 3.8) is 0 Å². The molecule has 0 aromatic carbocycles. The van der Waals surface area contributed by atoms with Gasteiger partial charge in [-0.2, -0.15) is 0 Å². The molecule has 0 aromatic rings. The maximum atomic E-state index is 12.0. The lowest BCUT2D eigenvalue weighted by Gasteiger charge is -2.35. The van der Waals surface area contributed by atoms with Gasteiger partial charge < -0.3 is 10.2 Å². The summed E-state index contributed by atoms with van der Waals surface area (Å²) >= 11 is 0. The molecule has 1 rings (SSSR count). The lowest BCUT2D eigenvalue weighted by Crippen LogP contribution is -2.47. The van der Waals surface area contributed by atoms with Crippen LogP contribution in [0, 0.1) is 0 Å². The van der Waals surface area contributed by atoms with Gasteiger partial charge >= 0.3 is 0 Å². The normalized spacial score (nSPS) is 24.9. The van der Waals surface area contributed by atoms with Gasteiger partial charge in [-0.05, 0) is 65.7 Å². The zero-order chi connectivity index (χ0) is 15.0. The Morgan fingerprint density at radius 3 is 2.65 bits per heavy atom. The van der Waals surface area contributed by atoms with Crippen molar-refractivity contribution in [2.24, 2.45) is 0 Å². The van der Waals surface area contributed by atoms with E-state index in [0.717, 1.165) is 51.7 Å². The van der Waals surface area contributed by atoms with Crippen molar-refractivity contribution in [1.82, 2.24) is 14.9 Å². The number of sulfonamides is 1. The van der Waals surface area contributed by atoms with Crippen molar-refractivity contribution < 1.29 is 8.42 Å². The summed E-state index contributed by atoms with van der Waals surface area (Å²) < 4.78 is 26.9. The molecule has 6 heteroatoms. The molecule has 2 N–H and O–H groups in total. The first kappa shape index (κ1) is 17.9. The number of hydrogen-bond acceptors (Lipinski definition) is 4. The van der Waals surface area contributed by atoms with Gasteiger partial charge in [-0.3, -0.25) is 0 Å². The number of nitrogens with zero attached hydrogens (tertiary/aromatic N) is 1. The highest BCUT2D eigenvalue weighted by Crippen LogP contribution is 2.16. The third-order valence-corrected chi connectivity index (χ3v) is 5.52. The molecule has 0 bridgehead atoms. The summed E-state index contributed by atoms with van der Waals surface area (Å²) in [5.41, 5.74) is 0. The van der Waals surface area contributed by atoms with Crippen LogP contribution in [0.15, 0.2) is 0 Å². The van der Waals surface area contributed by atoms with E-state index in [1.54, 1.807) is 0 Å². The lowest BCUT2D eigenvalue weighted by atomic mass is 10.0. The Kier molecular flexibility index (Phi) is 8.02. The fourth-order valence-electron chi connectivity index (χ4n) is 2.55. The Bertz CT molecular complexity index is 359. The van der Waals surface area contributed by atoms with E-state index in [1.807, 2.05) is 0 Å². The maximum absolute atomic E-state index is 12.0. The van der Waals surface area contributed by atoms with Crippen molar-refractivity contribution in [3.8, 4) is 0 Å². The molecule has 120 valence electrons. The van der Waals surface area contributed by atoms with Crippen molar-refractivity contribution in [2.45, 2.75) is 58.0 Å². The van der Waals surface area contributed by atoms with Crippen molar-refractivity contribution in [1.29, 1.82) is 0 Å². The van der Waals surface area contributed by atoms with Crippen LogP contribution in [-0.2, 0) is 10.0 Å². The first-order valence-corrected chi connectivity index (χ1v) is 9.51. The molecule has 2 unspecified atom stereocenters. The standard InChI is InChI=1S/C14H31N3O2S/c1-4-8-15-9-5-6-11-20(18,19)16-14-7-10-17(3)13(2)12-14/h13-16H,4-12H2,1-3H3. The highest BCUT2D eigenvalue weighted by atomic mass is 32.2. The molecule has 0 aliphatic carbocycles. The predicted molar refractivity (Wildman–Crippen MR) is 84.4 cm³/mol. The molecule has 0 radical (unpaired) electrons. The van der Waals surface area contributed by atoms with Gasteiger partial charge in [0, 0.05) is 12.1 Å². The second kappa shape index (κ2) is 8.97. The number of likely N-dealkylation sites (tertiary alicyclic amines) is 1. The van der Waals surface area contributed by atoms with E-state index < -0.39 is 10.0 Å². The van der Waals surface area contributed by atoms with Crippen LogP contribution in [0.5, 0.6) is 0 Å². The van der Waals surface area contributed by atoms with E-state index in [-0.39, 0.29) is 11.8 Å². The SMILES string of the molecule is CCCNCCCCS(=O)(=O)NC1CCN(C)C(C)C1. The maximum Gasteiger partial charge on any atom is 0.211 e. The van der Waals surface area contributed by atoms with Crippen LogP contribution in [-0.4, -0.2) is 57.8 Å². The Morgan fingerprint density at radius 1 is 1.25 bits per heavy atom. The lowest BCUT2D eigenvalue weighted by molar-refractivity contribution is 0.178. The summed E-state index contributed by atoms with van der Waals surface area (Å²) in [7, 11) is -1.02. The van der Waals surface area contributed by atoms with Crippen LogP contribution in [0.3, 0.4) is 0 Å². The summed E-state index contributed by atoms with van der Waals surface area (Å²) in [6, 6.07) is 0.569. The average Bonchev–Trinajstić information content (AvgIpc) is 2.38. The summed E-state index contributed by atoms with van der Waals surface area (Å²) in [5, 5.41) is 3.29. The minimum absolute atomic E-state index is 0.115. The molecule has 0 saturated carbocycles. The second-order valence-electron chi connectivity index (χ2n) is 5.94. The van der Waals surface area contributed by atoms with E-state index in [2.05, 4.69) is 35.8 Å². The molecule has 0 amide bonds. The number of rotatable bonds is 9. The summed E-state index contributed by atoms with van der Waals surface area (Å²) in [6.45, 7) is 7.17. The van der Waals surface area contributed by atoms with Crippen LogP contribution >= 0.6 is 0 Å². The molecular formula is C14H31N3O2S. The van der Waals surface area contributed by atoms with Crippen molar-refractivity contribution >= 4 is 10.0 Å². The summed E-state index contributed by atoms with van der Waals surface area (Å²) in [5.74, 6) is 0.252. The first-order chi connectivity index (χ1) is 9.44. The number of unbranched alkanes of at least 4 members (excludes halogenated alkanes) is 1. The zero-order valence-electron chi connectivity index (χ0n) is 13.2. The number of nitrogens with one attached hydrogen (secondary N) is 2. The molecule has 1 heterocycles. The van der Waals surface area contributed by atoms with E-state index in [1.165, 1.54) is 0 Å². The van der Waals surface area contributed by atoms with E-state index >= 15 is 0 Å². The number of piperidine rings is 1. The first-order valence-electron chi connectivity index (χ1n) is 7.85. The Morgan fingerprint density at radius 2 is 2.00 bits per heavy atom. The Hall–Kier alpha value is -0.170. The van der Waals surface area contributed by atoms with Crippen LogP contribution in [0.25, 0.3) is 0 Å². The predicted octanol–water partition coefficient (Wildman–Crippen LogP) is 1.17. The molecule has 2 atom stereocenters. The monoisotopic (exact) mass is 305 g/mol. The molecule has 0 spiro atoms. The molecule has 0 aromatic heterocycles. The third-order valence-electron chi connectivity index (χ3n) is 4.00. The van der Waals surface area contributed by atoms with E-state index in [0.29, 0.717) is 6.04 Å². The zero-order valence-corrected chi connectivity index (χ0v) is 14.0. The van der Waals surface area contributed by atoms with Gasteiger partial charge in [0.15, 0.2) is 0 Å². The van der Waals surface area contributed by atoms with Gasteiger partial charge in [0.05, 0.1) is 5.75 Å². The smallest absolute Gasteiger partial charge is 0.211 e. The largest absolute Gasteiger partial charge is 0.317 e. The van der Waals surface area contributed by atoms with Crippen LogP contribution in [0.2, 0.25) is 0 Å².